The molecule has 0 amide bonds. The van der Waals surface area contributed by atoms with Crippen LogP contribution in [0.5, 0.6) is 0 Å². The van der Waals surface area contributed by atoms with E-state index in [9.17, 15) is 4.79 Å². The Morgan fingerprint density at radius 2 is 2.10 bits per heavy atom. The fourth-order valence-corrected chi connectivity index (χ4v) is 3.71. The molecule has 2 rings (SSSR count). The maximum Gasteiger partial charge on any atom is 0.310 e. The molecule has 1 fully saturated rings. The van der Waals surface area contributed by atoms with Crippen LogP contribution in [-0.2, 0) is 22.5 Å². The van der Waals surface area contributed by atoms with E-state index in [1.807, 2.05) is 6.07 Å². The van der Waals surface area contributed by atoms with Gasteiger partial charge in [0.05, 0.1) is 13.5 Å². The lowest BCUT2D eigenvalue weighted by Gasteiger charge is -2.20. The summed E-state index contributed by atoms with van der Waals surface area (Å²) in [4.78, 5) is 16.1. The zero-order valence-electron chi connectivity index (χ0n) is 13.1. The van der Waals surface area contributed by atoms with Crippen molar-refractivity contribution in [3.8, 4) is 0 Å². The highest BCUT2D eigenvalue weighted by Crippen LogP contribution is 2.17. The average Bonchev–Trinajstić information content (AvgIpc) is 3.11. The molecule has 4 nitrogen and oxygen atoms in total. The second-order valence-corrected chi connectivity index (χ2v) is 7.12. The molecule has 1 aliphatic heterocycles. The standard InChI is InChI=1S/C16H26N2O2S/c1-13(12-18-7-3-4-8-18)10-17-11-15-6-5-14(21-15)9-16(19)20-2/h5-6,13,17H,3-4,7-12H2,1-2H3. The Hall–Kier alpha value is -0.910. The van der Waals surface area contributed by atoms with Crippen molar-refractivity contribution >= 4 is 17.3 Å². The number of ether oxygens (including phenoxy) is 1. The number of carbonyl (C=O) groups excluding carboxylic acids is 1. The van der Waals surface area contributed by atoms with Crippen molar-refractivity contribution in [1.29, 1.82) is 0 Å². The van der Waals surface area contributed by atoms with Crippen LogP contribution in [0.3, 0.4) is 0 Å². The first kappa shape index (κ1) is 16.5. The summed E-state index contributed by atoms with van der Waals surface area (Å²) in [5, 5.41) is 3.52. The summed E-state index contributed by atoms with van der Waals surface area (Å²) >= 11 is 1.69. The van der Waals surface area contributed by atoms with Gasteiger partial charge in [0, 0.05) is 22.8 Å². The third kappa shape index (κ3) is 5.77. The molecule has 0 aliphatic carbocycles. The highest BCUT2D eigenvalue weighted by atomic mass is 32.1. The van der Waals surface area contributed by atoms with Gasteiger partial charge in [-0.15, -0.1) is 11.3 Å². The summed E-state index contributed by atoms with van der Waals surface area (Å²) < 4.78 is 4.69. The molecule has 0 saturated carbocycles. The van der Waals surface area contributed by atoms with Gasteiger partial charge in [0.1, 0.15) is 0 Å². The minimum Gasteiger partial charge on any atom is -0.469 e. The van der Waals surface area contributed by atoms with Crippen molar-refractivity contribution in [2.75, 3.05) is 33.3 Å². The number of thiophene rings is 1. The van der Waals surface area contributed by atoms with Crippen LogP contribution in [0.4, 0.5) is 0 Å². The molecule has 1 atom stereocenters. The zero-order chi connectivity index (χ0) is 15.1. The Labute approximate surface area is 131 Å². The topological polar surface area (TPSA) is 41.6 Å². The molecule has 0 radical (unpaired) electrons. The van der Waals surface area contributed by atoms with E-state index in [0.29, 0.717) is 12.3 Å². The summed E-state index contributed by atoms with van der Waals surface area (Å²) in [6.07, 6.45) is 3.10. The van der Waals surface area contributed by atoms with Crippen LogP contribution >= 0.6 is 11.3 Å². The van der Waals surface area contributed by atoms with E-state index in [4.69, 9.17) is 0 Å². The number of nitrogens with one attached hydrogen (secondary N) is 1. The first-order valence-electron chi connectivity index (χ1n) is 7.75. The SMILES string of the molecule is COC(=O)Cc1ccc(CNCC(C)CN2CCCC2)s1. The number of methoxy groups -OCH3 is 1. The number of esters is 1. The lowest BCUT2D eigenvalue weighted by atomic mass is 10.1. The Morgan fingerprint density at radius 1 is 1.38 bits per heavy atom. The van der Waals surface area contributed by atoms with Gasteiger partial charge in [-0.1, -0.05) is 6.92 Å². The molecule has 1 aromatic rings. The summed E-state index contributed by atoms with van der Waals surface area (Å²) in [5.74, 6) is 0.508. The number of hydrogen-bond acceptors (Lipinski definition) is 5. The van der Waals surface area contributed by atoms with E-state index in [-0.39, 0.29) is 5.97 Å². The third-order valence-corrected chi connectivity index (χ3v) is 4.91. The zero-order valence-corrected chi connectivity index (χ0v) is 13.9. The van der Waals surface area contributed by atoms with Gasteiger partial charge in [-0.25, -0.2) is 0 Å². The van der Waals surface area contributed by atoms with E-state index in [1.54, 1.807) is 11.3 Å². The maximum absolute atomic E-state index is 11.2. The molecule has 118 valence electrons. The molecular formula is C16H26N2O2S. The minimum atomic E-state index is -0.171. The Morgan fingerprint density at radius 3 is 2.81 bits per heavy atom. The van der Waals surface area contributed by atoms with Crippen molar-refractivity contribution in [2.45, 2.75) is 32.7 Å². The predicted octanol–water partition coefficient (Wildman–Crippen LogP) is 2.29. The molecule has 0 spiro atoms. The summed E-state index contributed by atoms with van der Waals surface area (Å²) in [6.45, 7) is 7.97. The first-order valence-corrected chi connectivity index (χ1v) is 8.56. The van der Waals surface area contributed by atoms with Gasteiger partial charge in [-0.3, -0.25) is 4.79 Å². The third-order valence-electron chi connectivity index (χ3n) is 3.82. The van der Waals surface area contributed by atoms with E-state index in [2.05, 4.69) is 27.9 Å². The van der Waals surface area contributed by atoms with Crippen LogP contribution in [0.2, 0.25) is 0 Å². The first-order chi connectivity index (χ1) is 10.2. The van der Waals surface area contributed by atoms with E-state index < -0.39 is 0 Å². The lowest BCUT2D eigenvalue weighted by molar-refractivity contribution is -0.139. The molecule has 1 aliphatic rings. The monoisotopic (exact) mass is 310 g/mol. The molecule has 21 heavy (non-hydrogen) atoms. The largest absolute Gasteiger partial charge is 0.469 e. The van der Waals surface area contributed by atoms with Gasteiger partial charge in [-0.2, -0.15) is 0 Å². The van der Waals surface area contributed by atoms with Gasteiger partial charge < -0.3 is 15.0 Å². The molecule has 0 bridgehead atoms. The van der Waals surface area contributed by atoms with Crippen molar-refractivity contribution in [3.63, 3.8) is 0 Å². The molecule has 1 N–H and O–H groups in total. The number of likely N-dealkylation sites (tertiary alicyclic amines) is 1. The summed E-state index contributed by atoms with van der Waals surface area (Å²) in [5.41, 5.74) is 0. The van der Waals surface area contributed by atoms with Crippen molar-refractivity contribution in [3.05, 3.63) is 21.9 Å². The van der Waals surface area contributed by atoms with Crippen LogP contribution < -0.4 is 5.32 Å². The fraction of sp³-hybridized carbons (Fsp3) is 0.688. The molecule has 2 heterocycles. The quantitative estimate of drug-likeness (QED) is 0.748. The van der Waals surface area contributed by atoms with Gasteiger partial charge in [0.2, 0.25) is 0 Å². The fourth-order valence-electron chi connectivity index (χ4n) is 2.74. The second kappa shape index (κ2) is 8.51. The van der Waals surface area contributed by atoms with Gasteiger partial charge in [0.15, 0.2) is 0 Å². The van der Waals surface area contributed by atoms with Crippen LogP contribution in [0, 0.1) is 5.92 Å². The normalized spacial score (nSPS) is 17.0. The average molecular weight is 310 g/mol. The molecule has 1 saturated heterocycles. The van der Waals surface area contributed by atoms with E-state index in [1.165, 1.54) is 44.5 Å². The second-order valence-electron chi connectivity index (χ2n) is 5.86. The molecular weight excluding hydrogens is 284 g/mol. The number of rotatable bonds is 8. The highest BCUT2D eigenvalue weighted by molar-refractivity contribution is 7.12. The smallest absolute Gasteiger partial charge is 0.310 e. The van der Waals surface area contributed by atoms with Gasteiger partial charge >= 0.3 is 5.97 Å². The van der Waals surface area contributed by atoms with Crippen LogP contribution in [0.1, 0.15) is 29.5 Å². The highest BCUT2D eigenvalue weighted by Gasteiger charge is 2.14. The predicted molar refractivity (Wildman–Crippen MR) is 86.6 cm³/mol. The Balaban J connectivity index is 1.64. The Bertz CT molecular complexity index is 441. The number of hydrogen-bond donors (Lipinski definition) is 1. The van der Waals surface area contributed by atoms with Crippen LogP contribution in [0.15, 0.2) is 12.1 Å². The molecule has 0 aromatic carbocycles. The van der Waals surface area contributed by atoms with Crippen molar-refractivity contribution in [2.24, 2.45) is 5.92 Å². The van der Waals surface area contributed by atoms with Crippen molar-refractivity contribution in [1.82, 2.24) is 10.2 Å². The van der Waals surface area contributed by atoms with Crippen LogP contribution in [-0.4, -0.2) is 44.2 Å². The van der Waals surface area contributed by atoms with E-state index >= 15 is 0 Å². The molecule has 1 aromatic heterocycles. The lowest BCUT2D eigenvalue weighted by Crippen LogP contribution is -2.31. The van der Waals surface area contributed by atoms with Crippen LogP contribution in [0.25, 0.3) is 0 Å². The van der Waals surface area contributed by atoms with Gasteiger partial charge in [-0.05, 0) is 50.5 Å². The van der Waals surface area contributed by atoms with Gasteiger partial charge in [0.25, 0.3) is 0 Å². The maximum atomic E-state index is 11.2. The summed E-state index contributed by atoms with van der Waals surface area (Å²) in [7, 11) is 1.43. The van der Waals surface area contributed by atoms with Crippen molar-refractivity contribution < 1.29 is 9.53 Å². The minimum absolute atomic E-state index is 0.171. The number of nitrogens with zero attached hydrogens (tertiary/aromatic N) is 1. The number of carbonyl (C=O) groups is 1. The molecule has 5 heteroatoms. The Kier molecular flexibility index (Phi) is 6.67. The molecule has 1 unspecified atom stereocenters. The van der Waals surface area contributed by atoms with E-state index in [0.717, 1.165) is 18.0 Å². The summed E-state index contributed by atoms with van der Waals surface area (Å²) in [6, 6.07) is 4.12.